The molecule has 0 fully saturated rings. The van der Waals surface area contributed by atoms with E-state index < -0.39 is 17.7 Å². The van der Waals surface area contributed by atoms with Gasteiger partial charge in [-0.1, -0.05) is 30.0 Å². The third-order valence-electron chi connectivity index (χ3n) is 3.77. The molecule has 2 amide bonds. The summed E-state index contributed by atoms with van der Waals surface area (Å²) in [7, 11) is 1.35. The molecular formula is C18H13F3N2O2. The monoisotopic (exact) mass is 346 g/mol. The molecule has 0 saturated heterocycles. The molecule has 1 aliphatic rings. The summed E-state index contributed by atoms with van der Waals surface area (Å²) in [5.74, 6) is 4.96. The van der Waals surface area contributed by atoms with Crippen molar-refractivity contribution in [3.05, 3.63) is 59.7 Å². The second-order valence-electron chi connectivity index (χ2n) is 5.35. The highest BCUT2D eigenvalue weighted by Crippen LogP contribution is 2.44. The zero-order valence-electron chi connectivity index (χ0n) is 13.1. The molecule has 2 N–H and O–H groups in total. The highest BCUT2D eigenvalue weighted by atomic mass is 19.4. The molecule has 128 valence electrons. The van der Waals surface area contributed by atoms with Crippen molar-refractivity contribution in [1.82, 2.24) is 5.32 Å². The number of ether oxygens (including phenoxy) is 1. The number of nitrogens with one attached hydrogen (secondary N) is 2. The summed E-state index contributed by atoms with van der Waals surface area (Å²) < 4.78 is 47.0. The van der Waals surface area contributed by atoms with E-state index in [2.05, 4.69) is 17.2 Å². The van der Waals surface area contributed by atoms with Crippen molar-refractivity contribution in [3.8, 4) is 17.6 Å². The molecule has 0 unspecified atom stereocenters. The minimum atomic E-state index is -4.84. The molecule has 3 rings (SSSR count). The van der Waals surface area contributed by atoms with E-state index in [0.717, 1.165) is 0 Å². The summed E-state index contributed by atoms with van der Waals surface area (Å²) >= 11 is 0. The van der Waals surface area contributed by atoms with Gasteiger partial charge >= 0.3 is 12.2 Å². The lowest BCUT2D eigenvalue weighted by atomic mass is 9.86. The van der Waals surface area contributed by atoms with Gasteiger partial charge in [0.25, 0.3) is 0 Å². The zero-order chi connectivity index (χ0) is 18.1. The molecule has 1 heterocycles. The number of alkyl halides is 3. The maximum absolute atomic E-state index is 14.0. The van der Waals surface area contributed by atoms with E-state index in [9.17, 15) is 18.0 Å². The molecule has 0 spiro atoms. The Balaban J connectivity index is 2.23. The number of carbonyl (C=O) groups is 1. The van der Waals surface area contributed by atoms with Crippen molar-refractivity contribution in [3.63, 3.8) is 0 Å². The number of methoxy groups -OCH3 is 1. The first-order valence-electron chi connectivity index (χ1n) is 7.28. The van der Waals surface area contributed by atoms with Crippen molar-refractivity contribution < 1.29 is 22.7 Å². The Morgan fingerprint density at radius 1 is 1.12 bits per heavy atom. The summed E-state index contributed by atoms with van der Waals surface area (Å²) in [6.45, 7) is 0. The molecule has 25 heavy (non-hydrogen) atoms. The number of rotatable bonds is 1. The minimum Gasteiger partial charge on any atom is -0.497 e. The van der Waals surface area contributed by atoms with Crippen LogP contribution in [0.15, 0.2) is 48.5 Å². The van der Waals surface area contributed by atoms with Crippen LogP contribution in [0.25, 0.3) is 0 Å². The van der Waals surface area contributed by atoms with Crippen LogP contribution in [0.4, 0.5) is 23.7 Å². The van der Waals surface area contributed by atoms with Gasteiger partial charge in [-0.15, -0.1) is 0 Å². The average Bonchev–Trinajstić information content (AvgIpc) is 2.59. The van der Waals surface area contributed by atoms with Crippen molar-refractivity contribution in [2.75, 3.05) is 12.4 Å². The van der Waals surface area contributed by atoms with Gasteiger partial charge in [-0.3, -0.25) is 0 Å². The standard InChI is InChI=1S/C18H13F3N2O2/c1-25-13-7-8-15-14(11-13)17(18(19,20)21,23-16(24)22-15)10-9-12-5-3-2-4-6-12/h2-8,11H,1H3,(H2,22,23,24)/t17-/m0/s1. The number of amides is 2. The normalized spacial score (nSPS) is 19.0. The summed E-state index contributed by atoms with van der Waals surface area (Å²) in [5, 5.41) is 4.31. The number of fused-ring (bicyclic) bond motifs is 1. The Bertz CT molecular complexity index is 869. The molecule has 0 radical (unpaired) electrons. The average molecular weight is 346 g/mol. The van der Waals surface area contributed by atoms with Gasteiger partial charge in [0.15, 0.2) is 0 Å². The lowest BCUT2D eigenvalue weighted by Gasteiger charge is -2.37. The molecule has 0 bridgehead atoms. The molecule has 2 aromatic carbocycles. The lowest BCUT2D eigenvalue weighted by molar-refractivity contribution is -0.178. The van der Waals surface area contributed by atoms with Gasteiger partial charge < -0.3 is 15.4 Å². The van der Waals surface area contributed by atoms with Crippen LogP contribution in [-0.2, 0) is 5.54 Å². The Kier molecular flexibility index (Phi) is 4.05. The van der Waals surface area contributed by atoms with Gasteiger partial charge in [0, 0.05) is 16.8 Å². The number of carbonyl (C=O) groups excluding carboxylic acids is 1. The number of benzene rings is 2. The number of hydrogen-bond acceptors (Lipinski definition) is 2. The van der Waals surface area contributed by atoms with E-state index in [1.807, 2.05) is 5.32 Å². The zero-order valence-corrected chi connectivity index (χ0v) is 13.1. The van der Waals surface area contributed by atoms with Crippen molar-refractivity contribution >= 4 is 11.7 Å². The van der Waals surface area contributed by atoms with E-state index in [-0.39, 0.29) is 17.0 Å². The third-order valence-corrected chi connectivity index (χ3v) is 3.77. The summed E-state index contributed by atoms with van der Waals surface area (Å²) in [5.41, 5.74) is -2.62. The Hall–Kier alpha value is -3.14. The van der Waals surface area contributed by atoms with Gasteiger partial charge in [0.2, 0.25) is 5.54 Å². The van der Waals surface area contributed by atoms with Crippen LogP contribution in [0.5, 0.6) is 5.75 Å². The second kappa shape index (κ2) is 6.06. The predicted octanol–water partition coefficient (Wildman–Crippen LogP) is 3.64. The van der Waals surface area contributed by atoms with Crippen LogP contribution in [0.3, 0.4) is 0 Å². The molecular weight excluding hydrogens is 333 g/mol. The Labute approximate surface area is 142 Å². The van der Waals surface area contributed by atoms with E-state index >= 15 is 0 Å². The van der Waals surface area contributed by atoms with Gasteiger partial charge in [-0.2, -0.15) is 13.2 Å². The first-order chi connectivity index (χ1) is 11.9. The van der Waals surface area contributed by atoms with Crippen LogP contribution >= 0.6 is 0 Å². The number of urea groups is 1. The van der Waals surface area contributed by atoms with E-state index in [4.69, 9.17) is 4.74 Å². The van der Waals surface area contributed by atoms with Gasteiger partial charge in [-0.05, 0) is 30.3 Å². The largest absolute Gasteiger partial charge is 0.497 e. The predicted molar refractivity (Wildman–Crippen MR) is 86.2 cm³/mol. The Morgan fingerprint density at radius 3 is 2.48 bits per heavy atom. The summed E-state index contributed by atoms with van der Waals surface area (Å²) in [4.78, 5) is 11.8. The number of halogens is 3. The van der Waals surface area contributed by atoms with E-state index in [1.165, 1.54) is 25.3 Å². The van der Waals surface area contributed by atoms with Crippen LogP contribution in [-0.4, -0.2) is 19.3 Å². The fourth-order valence-corrected chi connectivity index (χ4v) is 2.54. The van der Waals surface area contributed by atoms with E-state index in [1.54, 1.807) is 30.3 Å². The Morgan fingerprint density at radius 2 is 1.84 bits per heavy atom. The minimum absolute atomic E-state index is 0.0317. The van der Waals surface area contributed by atoms with Crippen LogP contribution in [0.1, 0.15) is 11.1 Å². The van der Waals surface area contributed by atoms with Crippen LogP contribution < -0.4 is 15.4 Å². The highest BCUT2D eigenvalue weighted by Gasteiger charge is 2.59. The maximum Gasteiger partial charge on any atom is 0.427 e. The number of hydrogen-bond donors (Lipinski definition) is 2. The fourth-order valence-electron chi connectivity index (χ4n) is 2.54. The first kappa shape index (κ1) is 16.7. The molecule has 1 atom stereocenters. The molecule has 0 saturated carbocycles. The van der Waals surface area contributed by atoms with Gasteiger partial charge in [0.1, 0.15) is 5.75 Å². The smallest absolute Gasteiger partial charge is 0.427 e. The van der Waals surface area contributed by atoms with Crippen molar-refractivity contribution in [2.24, 2.45) is 0 Å². The van der Waals surface area contributed by atoms with Gasteiger partial charge in [0.05, 0.1) is 7.11 Å². The lowest BCUT2D eigenvalue weighted by Crippen LogP contribution is -2.59. The molecule has 4 nitrogen and oxygen atoms in total. The topological polar surface area (TPSA) is 50.4 Å². The first-order valence-corrected chi connectivity index (χ1v) is 7.28. The molecule has 0 aromatic heterocycles. The van der Waals surface area contributed by atoms with Crippen molar-refractivity contribution in [2.45, 2.75) is 11.7 Å². The molecule has 0 aliphatic carbocycles. The quantitative estimate of drug-likeness (QED) is 0.775. The second-order valence-corrected chi connectivity index (χ2v) is 5.35. The van der Waals surface area contributed by atoms with Gasteiger partial charge in [-0.25, -0.2) is 4.79 Å². The summed E-state index contributed by atoms with van der Waals surface area (Å²) in [6, 6.07) is 11.3. The molecule has 7 heteroatoms. The molecule has 2 aromatic rings. The number of anilines is 1. The van der Waals surface area contributed by atoms with E-state index in [0.29, 0.717) is 5.56 Å². The third kappa shape index (κ3) is 2.98. The van der Waals surface area contributed by atoms with Crippen LogP contribution in [0, 0.1) is 11.8 Å². The molecule has 1 aliphatic heterocycles. The highest BCUT2D eigenvalue weighted by molar-refractivity contribution is 5.95. The SMILES string of the molecule is COc1ccc2c(c1)[C@@](C#Cc1ccccc1)(C(F)(F)F)NC(=O)N2. The van der Waals surface area contributed by atoms with Crippen molar-refractivity contribution in [1.29, 1.82) is 0 Å². The summed E-state index contributed by atoms with van der Waals surface area (Å²) in [6.07, 6.45) is -4.84. The van der Waals surface area contributed by atoms with Crippen LogP contribution in [0.2, 0.25) is 0 Å². The fraction of sp³-hybridized carbons (Fsp3) is 0.167. The maximum atomic E-state index is 14.0.